The Labute approximate surface area is 98.6 Å². The highest BCUT2D eigenvalue weighted by Gasteiger charge is 2.08. The van der Waals surface area contributed by atoms with Gasteiger partial charge in [0, 0.05) is 24.0 Å². The van der Waals surface area contributed by atoms with Crippen LogP contribution < -0.4 is 5.32 Å². The highest BCUT2D eigenvalue weighted by atomic mass is 35.5. The molecule has 84 valence electrons. The SMILES string of the molecule is Cc1noc(C)c1CNc1ccnc(Cl)c1. The van der Waals surface area contributed by atoms with Crippen molar-refractivity contribution in [3.63, 3.8) is 0 Å². The molecule has 0 aromatic carbocycles. The molecular formula is C11H12ClN3O. The van der Waals surface area contributed by atoms with E-state index in [0.717, 1.165) is 22.7 Å². The molecule has 1 N–H and O–H groups in total. The molecule has 5 heteroatoms. The fourth-order valence-corrected chi connectivity index (χ4v) is 1.63. The van der Waals surface area contributed by atoms with Crippen LogP contribution in [0.1, 0.15) is 17.0 Å². The number of anilines is 1. The Morgan fingerprint density at radius 3 is 2.88 bits per heavy atom. The molecule has 0 spiro atoms. The van der Waals surface area contributed by atoms with E-state index in [0.29, 0.717) is 11.7 Å². The molecule has 0 aliphatic rings. The number of aromatic nitrogens is 2. The average molecular weight is 238 g/mol. The zero-order valence-electron chi connectivity index (χ0n) is 9.12. The van der Waals surface area contributed by atoms with E-state index in [1.807, 2.05) is 19.9 Å². The Morgan fingerprint density at radius 1 is 1.44 bits per heavy atom. The minimum Gasteiger partial charge on any atom is -0.381 e. The Kier molecular flexibility index (Phi) is 3.10. The molecule has 0 amide bonds. The molecule has 16 heavy (non-hydrogen) atoms. The Balaban J connectivity index is 2.08. The van der Waals surface area contributed by atoms with Crippen LogP contribution in [-0.4, -0.2) is 10.1 Å². The first-order valence-electron chi connectivity index (χ1n) is 4.94. The molecule has 0 bridgehead atoms. The first-order valence-corrected chi connectivity index (χ1v) is 5.32. The van der Waals surface area contributed by atoms with Crippen molar-refractivity contribution in [2.24, 2.45) is 0 Å². The van der Waals surface area contributed by atoms with Crippen LogP contribution in [-0.2, 0) is 6.54 Å². The first-order chi connectivity index (χ1) is 7.66. The molecule has 0 aliphatic heterocycles. The number of hydrogen-bond acceptors (Lipinski definition) is 4. The van der Waals surface area contributed by atoms with Crippen LogP contribution in [0.25, 0.3) is 0 Å². The highest BCUT2D eigenvalue weighted by molar-refractivity contribution is 6.29. The first kappa shape index (κ1) is 11.0. The maximum atomic E-state index is 5.79. The standard InChI is InChI=1S/C11H12ClN3O/c1-7-10(8(2)16-15-7)6-14-9-3-4-13-11(12)5-9/h3-5H,6H2,1-2H3,(H,13,14). The third kappa shape index (κ3) is 2.33. The monoisotopic (exact) mass is 237 g/mol. The van der Waals surface area contributed by atoms with Gasteiger partial charge in [0.25, 0.3) is 0 Å². The second kappa shape index (κ2) is 4.53. The normalized spacial score (nSPS) is 10.4. The molecule has 0 aliphatic carbocycles. The van der Waals surface area contributed by atoms with Gasteiger partial charge in [0.05, 0.1) is 5.69 Å². The van der Waals surface area contributed by atoms with Gasteiger partial charge in [0.15, 0.2) is 0 Å². The van der Waals surface area contributed by atoms with Gasteiger partial charge in [-0.15, -0.1) is 0 Å². The minimum atomic E-state index is 0.476. The second-order valence-corrected chi connectivity index (χ2v) is 3.91. The lowest BCUT2D eigenvalue weighted by Crippen LogP contribution is -2.01. The van der Waals surface area contributed by atoms with Crippen molar-refractivity contribution < 1.29 is 4.52 Å². The molecule has 2 aromatic heterocycles. The molecule has 0 saturated carbocycles. The van der Waals surface area contributed by atoms with Gasteiger partial charge in [-0.2, -0.15) is 0 Å². The number of halogens is 1. The van der Waals surface area contributed by atoms with Gasteiger partial charge in [-0.25, -0.2) is 4.98 Å². The van der Waals surface area contributed by atoms with Crippen LogP contribution in [0, 0.1) is 13.8 Å². The lowest BCUT2D eigenvalue weighted by molar-refractivity contribution is 0.392. The molecule has 2 rings (SSSR count). The third-order valence-corrected chi connectivity index (χ3v) is 2.58. The molecular weight excluding hydrogens is 226 g/mol. The van der Waals surface area contributed by atoms with E-state index >= 15 is 0 Å². The lowest BCUT2D eigenvalue weighted by Gasteiger charge is -2.05. The van der Waals surface area contributed by atoms with Gasteiger partial charge < -0.3 is 9.84 Å². The molecule has 0 saturated heterocycles. The summed E-state index contributed by atoms with van der Waals surface area (Å²) in [7, 11) is 0. The van der Waals surface area contributed by atoms with E-state index in [-0.39, 0.29) is 0 Å². The largest absolute Gasteiger partial charge is 0.381 e. The van der Waals surface area contributed by atoms with Crippen molar-refractivity contribution in [1.82, 2.24) is 10.1 Å². The van der Waals surface area contributed by atoms with Gasteiger partial charge in [-0.1, -0.05) is 16.8 Å². The van der Waals surface area contributed by atoms with Crippen molar-refractivity contribution in [1.29, 1.82) is 0 Å². The summed E-state index contributed by atoms with van der Waals surface area (Å²) in [5, 5.41) is 7.61. The summed E-state index contributed by atoms with van der Waals surface area (Å²) < 4.78 is 5.08. The van der Waals surface area contributed by atoms with E-state index in [1.165, 1.54) is 0 Å². The lowest BCUT2D eigenvalue weighted by atomic mass is 10.2. The van der Waals surface area contributed by atoms with Crippen LogP contribution >= 0.6 is 11.6 Å². The number of pyridine rings is 1. The topological polar surface area (TPSA) is 51.0 Å². The van der Waals surface area contributed by atoms with Gasteiger partial charge in [-0.05, 0) is 26.0 Å². The van der Waals surface area contributed by atoms with Gasteiger partial charge in [0.2, 0.25) is 0 Å². The Bertz CT molecular complexity index is 476. The Hall–Kier alpha value is -1.55. The minimum absolute atomic E-state index is 0.476. The van der Waals surface area contributed by atoms with Crippen LogP contribution in [0.3, 0.4) is 0 Å². The number of nitrogens with zero attached hydrogens (tertiary/aromatic N) is 2. The maximum Gasteiger partial charge on any atom is 0.138 e. The van der Waals surface area contributed by atoms with E-state index in [9.17, 15) is 0 Å². The summed E-state index contributed by atoms with van der Waals surface area (Å²) >= 11 is 5.79. The molecule has 0 atom stereocenters. The summed E-state index contributed by atoms with van der Waals surface area (Å²) in [6, 6.07) is 3.64. The van der Waals surface area contributed by atoms with Gasteiger partial charge in [0.1, 0.15) is 10.9 Å². The second-order valence-electron chi connectivity index (χ2n) is 3.52. The summed E-state index contributed by atoms with van der Waals surface area (Å²) in [6.07, 6.45) is 1.66. The Morgan fingerprint density at radius 2 is 2.25 bits per heavy atom. The maximum absolute atomic E-state index is 5.79. The molecule has 0 unspecified atom stereocenters. The average Bonchev–Trinajstić information content (AvgIpc) is 2.56. The van der Waals surface area contributed by atoms with Gasteiger partial charge in [-0.3, -0.25) is 0 Å². The van der Waals surface area contributed by atoms with Crippen molar-refractivity contribution in [2.75, 3.05) is 5.32 Å². The predicted molar refractivity (Wildman–Crippen MR) is 62.6 cm³/mol. The molecule has 0 radical (unpaired) electrons. The van der Waals surface area contributed by atoms with E-state index in [2.05, 4.69) is 15.5 Å². The molecule has 2 heterocycles. The number of hydrogen-bond donors (Lipinski definition) is 1. The molecule has 2 aromatic rings. The van der Waals surface area contributed by atoms with Crippen LogP contribution in [0.2, 0.25) is 5.15 Å². The van der Waals surface area contributed by atoms with Crippen molar-refractivity contribution in [2.45, 2.75) is 20.4 Å². The zero-order valence-corrected chi connectivity index (χ0v) is 9.88. The van der Waals surface area contributed by atoms with Crippen molar-refractivity contribution in [3.8, 4) is 0 Å². The quantitative estimate of drug-likeness (QED) is 0.834. The van der Waals surface area contributed by atoms with E-state index < -0.39 is 0 Å². The summed E-state index contributed by atoms with van der Waals surface area (Å²) in [5.74, 6) is 0.838. The van der Waals surface area contributed by atoms with Crippen LogP contribution in [0.15, 0.2) is 22.9 Å². The van der Waals surface area contributed by atoms with Crippen LogP contribution in [0.4, 0.5) is 5.69 Å². The van der Waals surface area contributed by atoms with Crippen molar-refractivity contribution >= 4 is 17.3 Å². The van der Waals surface area contributed by atoms with E-state index in [4.69, 9.17) is 16.1 Å². The fraction of sp³-hybridized carbons (Fsp3) is 0.273. The highest BCUT2D eigenvalue weighted by Crippen LogP contribution is 2.16. The summed E-state index contributed by atoms with van der Waals surface area (Å²) in [4.78, 5) is 3.91. The van der Waals surface area contributed by atoms with Crippen molar-refractivity contribution in [3.05, 3.63) is 40.5 Å². The van der Waals surface area contributed by atoms with E-state index in [1.54, 1.807) is 12.3 Å². The summed E-state index contributed by atoms with van der Waals surface area (Å²) in [5.41, 5.74) is 2.91. The molecule has 4 nitrogen and oxygen atoms in total. The number of rotatable bonds is 3. The fourth-order valence-electron chi connectivity index (χ4n) is 1.46. The summed E-state index contributed by atoms with van der Waals surface area (Å²) in [6.45, 7) is 4.49. The third-order valence-electron chi connectivity index (χ3n) is 2.38. The van der Waals surface area contributed by atoms with Crippen LogP contribution in [0.5, 0.6) is 0 Å². The van der Waals surface area contributed by atoms with Gasteiger partial charge >= 0.3 is 0 Å². The number of nitrogens with one attached hydrogen (secondary N) is 1. The zero-order chi connectivity index (χ0) is 11.5. The smallest absolute Gasteiger partial charge is 0.138 e. The molecule has 0 fully saturated rings. The number of aryl methyl sites for hydroxylation is 2. The predicted octanol–water partition coefficient (Wildman–Crippen LogP) is 2.95.